The summed E-state index contributed by atoms with van der Waals surface area (Å²) in [6, 6.07) is 7.68. The minimum atomic E-state index is -1.52. The number of aromatic nitrogens is 5. The van der Waals surface area contributed by atoms with Crippen LogP contribution in [0.25, 0.3) is 60.2 Å². The van der Waals surface area contributed by atoms with Gasteiger partial charge in [-0.05, 0) is 144 Å². The lowest BCUT2D eigenvalue weighted by Gasteiger charge is -2.26. The van der Waals surface area contributed by atoms with Gasteiger partial charge in [0.25, 0.3) is 0 Å². The predicted molar refractivity (Wildman–Crippen MR) is 464 cm³/mol. The van der Waals surface area contributed by atoms with Crippen molar-refractivity contribution in [3.05, 3.63) is 232 Å². The molecular formula is C94H103F7N6O18. The molecule has 14 rings (SSSR count). The number of aromatic carboxylic acids is 5. The second kappa shape index (κ2) is 34.9. The van der Waals surface area contributed by atoms with Crippen molar-refractivity contribution in [1.29, 1.82) is 0 Å². The number of carbonyl (C=O) groups is 5. The molecule has 3 aliphatic carbocycles. The van der Waals surface area contributed by atoms with E-state index in [2.05, 4.69) is 0 Å². The third-order valence-electron chi connectivity index (χ3n) is 22.2. The molecule has 3 aliphatic rings. The van der Waals surface area contributed by atoms with Gasteiger partial charge in [-0.1, -0.05) is 118 Å². The predicted octanol–water partition coefficient (Wildman–Crippen LogP) is 18.7. The van der Waals surface area contributed by atoms with Gasteiger partial charge in [0.1, 0.15) is 80.0 Å². The number of anilines is 1. The van der Waals surface area contributed by atoms with Gasteiger partial charge in [-0.15, -0.1) is 0 Å². The summed E-state index contributed by atoms with van der Waals surface area (Å²) in [5, 5.41) is 46.5. The molecule has 0 spiro atoms. The Morgan fingerprint density at radius 1 is 0.384 bits per heavy atom. The lowest BCUT2D eigenvalue weighted by Crippen LogP contribution is -2.24. The Morgan fingerprint density at radius 2 is 0.688 bits per heavy atom. The first-order valence-corrected chi connectivity index (χ1v) is 40.6. The molecule has 0 radical (unpaired) electrons. The first-order chi connectivity index (χ1) is 58.0. The van der Waals surface area contributed by atoms with Crippen LogP contribution in [0.3, 0.4) is 0 Å². The number of carboxylic acids is 5. The zero-order chi connectivity index (χ0) is 93.5. The summed E-state index contributed by atoms with van der Waals surface area (Å²) in [6.07, 6.45) is 12.7. The van der Waals surface area contributed by atoms with Crippen LogP contribution in [0.5, 0.6) is 17.2 Å². The van der Waals surface area contributed by atoms with Crippen molar-refractivity contribution in [2.45, 2.75) is 228 Å². The Morgan fingerprint density at radius 3 is 1.03 bits per heavy atom. The van der Waals surface area contributed by atoms with Crippen LogP contribution in [-0.4, -0.2) is 99.5 Å². The number of hydrogen-bond donors (Lipinski definition) is 6. The molecule has 11 aromatic rings. The Bertz CT molecular complexity index is 6500. The highest BCUT2D eigenvalue weighted by Gasteiger charge is 2.39. The largest absolute Gasteiger partial charge is 0.494 e. The third-order valence-corrected chi connectivity index (χ3v) is 22.2. The maximum Gasteiger partial charge on any atom is 0.341 e. The highest BCUT2D eigenvalue weighted by molar-refractivity contribution is 6.02. The van der Waals surface area contributed by atoms with E-state index in [1.165, 1.54) is 56.8 Å². The summed E-state index contributed by atoms with van der Waals surface area (Å²) in [6.45, 7) is 33.8. The van der Waals surface area contributed by atoms with E-state index in [1.807, 2.05) is 122 Å². The fourth-order valence-corrected chi connectivity index (χ4v) is 16.4. The molecule has 3 fully saturated rings. The van der Waals surface area contributed by atoms with Gasteiger partial charge in [-0.25, -0.2) is 54.7 Å². The molecule has 0 atom stereocenters. The van der Waals surface area contributed by atoms with E-state index in [0.29, 0.717) is 81.1 Å². The van der Waals surface area contributed by atoms with Crippen LogP contribution in [0.2, 0.25) is 0 Å². The zero-order valence-electron chi connectivity index (χ0n) is 73.5. The van der Waals surface area contributed by atoms with E-state index >= 15 is 8.78 Å². The van der Waals surface area contributed by atoms with Gasteiger partial charge in [-0.3, -0.25) is 24.0 Å². The van der Waals surface area contributed by atoms with Crippen molar-refractivity contribution < 1.29 is 94.4 Å². The number of carboxylic acid groups (broad SMARTS) is 5. The molecule has 0 aliphatic heterocycles. The molecule has 0 unspecified atom stereocenters. The molecule has 6 aromatic carbocycles. The highest BCUT2D eigenvalue weighted by Crippen LogP contribution is 2.49. The van der Waals surface area contributed by atoms with Gasteiger partial charge in [0.05, 0.1) is 81.8 Å². The van der Waals surface area contributed by atoms with Crippen LogP contribution in [0.1, 0.15) is 272 Å². The lowest BCUT2D eigenvalue weighted by atomic mass is 9.81. The zero-order valence-corrected chi connectivity index (χ0v) is 73.5. The Kier molecular flexibility index (Phi) is 26.4. The Balaban J connectivity index is 0.000000164. The smallest absolute Gasteiger partial charge is 0.341 e. The summed E-state index contributed by atoms with van der Waals surface area (Å²) in [7, 11) is 4.27. The molecule has 5 heterocycles. The summed E-state index contributed by atoms with van der Waals surface area (Å²) in [5.74, 6) is -10.7. The van der Waals surface area contributed by atoms with Gasteiger partial charge in [0, 0.05) is 83.8 Å². The van der Waals surface area contributed by atoms with Crippen LogP contribution < -0.4 is 47.1 Å². The molecule has 125 heavy (non-hydrogen) atoms. The van der Waals surface area contributed by atoms with Crippen molar-refractivity contribution in [3.8, 4) is 22.9 Å². The maximum absolute atomic E-state index is 15.0. The van der Waals surface area contributed by atoms with Crippen LogP contribution in [0.4, 0.5) is 36.4 Å². The number of halogens is 7. The number of nitrogens with two attached hydrogens (primary N) is 1. The molecular weight excluding hydrogens is 1630 g/mol. The first kappa shape index (κ1) is 94.7. The highest BCUT2D eigenvalue weighted by atomic mass is 19.2. The number of fused-ring (bicyclic) bond motifs is 5. The van der Waals surface area contributed by atoms with Crippen molar-refractivity contribution in [2.75, 3.05) is 27.1 Å². The van der Waals surface area contributed by atoms with Crippen molar-refractivity contribution in [3.63, 3.8) is 0 Å². The average Bonchev–Trinajstić information content (AvgIpc) is 1.74. The molecule has 31 heteroatoms. The van der Waals surface area contributed by atoms with Crippen LogP contribution in [0.15, 0.2) is 97.4 Å². The minimum absolute atomic E-state index is 0.00843. The SMILES string of the molecule is CCc1c(C(C)(C)C)c(F)cc2c(=O)c(C(=O)O)cn(-c3ccc(F)cc3F)c12.CCc1c(C(C)(C)C)c(F)cc2c(=O)c(C(=O)O)cn(C3CC3)c12.CCn1cc(C(=O)O)c(=O)c2cc(F)c(C(C)(C)C)c(OC)c21.COc1c(C(C)(C)C)c(F)c(N)c2c(=O)c(C(=O)O)cn(C3CC3)c12.COc1c(C(C)(C)C)c(F)cc2c(=O)c(C(=O)O)cn(C3CC3)c12. The second-order valence-electron chi connectivity index (χ2n) is 36.4. The number of nitrogen functional groups attached to an aromatic ring is 1. The number of rotatable bonds is 15. The Hall–Kier alpha value is -12.6. The van der Waals surface area contributed by atoms with E-state index in [1.54, 1.807) is 20.6 Å². The molecule has 3 saturated carbocycles. The topological polar surface area (TPSA) is 350 Å². The van der Waals surface area contributed by atoms with Gasteiger partial charge < -0.3 is 68.3 Å². The summed E-state index contributed by atoms with van der Waals surface area (Å²) in [4.78, 5) is 120. The quantitative estimate of drug-likeness (QED) is 0.0410. The van der Waals surface area contributed by atoms with E-state index in [4.69, 9.17) is 19.9 Å². The van der Waals surface area contributed by atoms with E-state index in [-0.39, 0.29) is 95.7 Å². The molecule has 0 bridgehead atoms. The molecule has 7 N–H and O–H groups in total. The van der Waals surface area contributed by atoms with Crippen LogP contribution in [-0.2, 0) is 46.5 Å². The third kappa shape index (κ3) is 18.1. The number of nitrogens with zero attached hydrogens (tertiary/aromatic N) is 5. The van der Waals surface area contributed by atoms with E-state index in [0.717, 1.165) is 80.6 Å². The number of benzene rings is 6. The van der Waals surface area contributed by atoms with Gasteiger partial charge in [0.15, 0.2) is 5.82 Å². The van der Waals surface area contributed by atoms with Gasteiger partial charge in [-0.2, -0.15) is 0 Å². The molecule has 0 amide bonds. The van der Waals surface area contributed by atoms with Crippen LogP contribution in [0, 0.1) is 40.7 Å². The van der Waals surface area contributed by atoms with Crippen LogP contribution >= 0.6 is 0 Å². The second-order valence-corrected chi connectivity index (χ2v) is 36.4. The number of pyridine rings is 5. The van der Waals surface area contributed by atoms with Crippen molar-refractivity contribution in [1.82, 2.24) is 22.8 Å². The standard InChI is InChI=1S/C22H20F3NO3.C19H22FNO3.C18H21FN2O4.C18H20FNO4.C17H20FNO4/c1-5-12-18(22(2,3)4)16(25)9-13-19(12)26(10-14(20(13)27)21(28)29)17-7-6-11(23)8-15(17)24;1-5-11-15(19(2,3)4)14(20)8-12-16(11)21(10-6-7-10)9-13(17(12)22)18(23)24;1-18(2,3)11-12(19)13(20)10-14(16(11)25-4)21(8-5-6-8)7-9(15(10)22)17(23)24;1-18(2,3)13-12(19)7-10-14(16(13)24-4)20(9-5-6-9)8-11(15(10)21)17(22)23;1-6-19-8-10(16(21)22)14(20)9-7-11(18)12(17(2,3)4)15(23-5)13(9)19/h6-10H,5H2,1-4H3,(H,28,29);8-10H,5-7H2,1-4H3,(H,23,24);7-8H,5-6,20H2,1-4H3,(H,23,24);7-9H,5-6H2,1-4H3,(H,22,23);7-8H,6H2,1-5H3,(H,21,22). The monoisotopic (exact) mass is 1740 g/mol. The van der Waals surface area contributed by atoms with E-state index in [9.17, 15) is 95.4 Å². The number of hydrogen-bond acceptors (Lipinski definition) is 14. The summed E-state index contributed by atoms with van der Waals surface area (Å²) in [5.41, 5.74) is 2.43. The summed E-state index contributed by atoms with van der Waals surface area (Å²) >= 11 is 0. The number of aryl methyl sites for hydroxylation is 3. The summed E-state index contributed by atoms with van der Waals surface area (Å²) < 4.78 is 127. The fraction of sp³-hybridized carbons (Fsp3) is 0.404. The Labute approximate surface area is 713 Å². The molecule has 666 valence electrons. The fourth-order valence-electron chi connectivity index (χ4n) is 16.4. The molecule has 24 nitrogen and oxygen atoms in total. The van der Waals surface area contributed by atoms with Crippen molar-refractivity contribution in [2.24, 2.45) is 0 Å². The van der Waals surface area contributed by atoms with Crippen molar-refractivity contribution >= 4 is 90.0 Å². The molecule has 5 aromatic heterocycles. The maximum atomic E-state index is 15.0. The molecule has 0 saturated heterocycles. The van der Waals surface area contributed by atoms with E-state index < -0.39 is 136 Å². The normalized spacial score (nSPS) is 13.6. The van der Waals surface area contributed by atoms with Gasteiger partial charge in [0.2, 0.25) is 27.1 Å². The average molecular weight is 1740 g/mol. The first-order valence-electron chi connectivity index (χ1n) is 40.6. The van der Waals surface area contributed by atoms with Gasteiger partial charge >= 0.3 is 29.8 Å². The lowest BCUT2D eigenvalue weighted by molar-refractivity contribution is 0.0684. The minimum Gasteiger partial charge on any atom is -0.494 e. The number of methoxy groups -OCH3 is 3. The number of ether oxygens (including phenoxy) is 3.